The van der Waals surface area contributed by atoms with Crippen molar-refractivity contribution in [3.63, 3.8) is 0 Å². The predicted molar refractivity (Wildman–Crippen MR) is 60.1 cm³/mol. The fourth-order valence-corrected chi connectivity index (χ4v) is 1.54. The lowest BCUT2D eigenvalue weighted by Crippen LogP contribution is -1.91. The van der Waals surface area contributed by atoms with Crippen LogP contribution < -0.4 is 0 Å². The number of aryl methyl sites for hydroxylation is 1. The highest BCUT2D eigenvalue weighted by Crippen LogP contribution is 2.28. The Bertz CT molecular complexity index is 519. The number of nitrogens with one attached hydrogen (secondary N) is 1. The molecule has 1 aromatic carbocycles. The maximum absolute atomic E-state index is 10.8. The lowest BCUT2D eigenvalue weighted by Gasteiger charge is -1.98. The molecule has 5 nitrogen and oxygen atoms in total. The SMILES string of the molecule is CCc1cc(-c2ccccc2[N+](=O)[O-])[nH]n1. The van der Waals surface area contributed by atoms with Crippen LogP contribution in [0.5, 0.6) is 0 Å². The van der Waals surface area contributed by atoms with Gasteiger partial charge in [0, 0.05) is 6.07 Å². The van der Waals surface area contributed by atoms with E-state index in [1.807, 2.05) is 13.0 Å². The van der Waals surface area contributed by atoms with Crippen LogP contribution in [-0.4, -0.2) is 15.1 Å². The molecule has 0 aliphatic carbocycles. The van der Waals surface area contributed by atoms with Crippen LogP contribution in [0.3, 0.4) is 0 Å². The van der Waals surface area contributed by atoms with E-state index in [4.69, 9.17) is 0 Å². The van der Waals surface area contributed by atoms with Gasteiger partial charge >= 0.3 is 0 Å². The number of benzene rings is 1. The zero-order valence-corrected chi connectivity index (χ0v) is 8.80. The number of aromatic nitrogens is 2. The zero-order valence-electron chi connectivity index (χ0n) is 8.80. The van der Waals surface area contributed by atoms with Crippen LogP contribution in [0.2, 0.25) is 0 Å². The van der Waals surface area contributed by atoms with Crippen LogP contribution in [0.4, 0.5) is 5.69 Å². The molecule has 1 heterocycles. The molecule has 0 unspecified atom stereocenters. The highest BCUT2D eigenvalue weighted by molar-refractivity contribution is 5.70. The molecule has 0 radical (unpaired) electrons. The summed E-state index contributed by atoms with van der Waals surface area (Å²) >= 11 is 0. The summed E-state index contributed by atoms with van der Waals surface area (Å²) in [6, 6.07) is 8.46. The number of nitrogens with zero attached hydrogens (tertiary/aromatic N) is 2. The molecule has 82 valence electrons. The average molecular weight is 217 g/mol. The second-order valence-electron chi connectivity index (χ2n) is 3.40. The quantitative estimate of drug-likeness (QED) is 0.634. The molecule has 0 saturated carbocycles. The Balaban J connectivity index is 2.50. The van der Waals surface area contributed by atoms with Crippen molar-refractivity contribution in [2.24, 2.45) is 0 Å². The van der Waals surface area contributed by atoms with Gasteiger partial charge in [0.25, 0.3) is 5.69 Å². The van der Waals surface area contributed by atoms with Gasteiger partial charge in [-0.3, -0.25) is 15.2 Å². The second-order valence-corrected chi connectivity index (χ2v) is 3.40. The molecule has 0 bridgehead atoms. The molecule has 0 fully saturated rings. The normalized spacial score (nSPS) is 10.3. The molecule has 1 aromatic heterocycles. The van der Waals surface area contributed by atoms with Crippen molar-refractivity contribution in [1.29, 1.82) is 0 Å². The third-order valence-electron chi connectivity index (χ3n) is 2.38. The van der Waals surface area contributed by atoms with E-state index in [0.29, 0.717) is 11.3 Å². The van der Waals surface area contributed by atoms with Gasteiger partial charge < -0.3 is 0 Å². The van der Waals surface area contributed by atoms with Gasteiger partial charge in [-0.25, -0.2) is 0 Å². The summed E-state index contributed by atoms with van der Waals surface area (Å²) in [5.41, 5.74) is 2.24. The van der Waals surface area contributed by atoms with E-state index in [0.717, 1.165) is 12.1 Å². The van der Waals surface area contributed by atoms with Gasteiger partial charge in [0.15, 0.2) is 0 Å². The van der Waals surface area contributed by atoms with Crippen molar-refractivity contribution in [2.75, 3.05) is 0 Å². The first-order valence-corrected chi connectivity index (χ1v) is 5.00. The van der Waals surface area contributed by atoms with Gasteiger partial charge in [-0.15, -0.1) is 0 Å². The Morgan fingerprint density at radius 1 is 1.44 bits per heavy atom. The molecule has 1 N–H and O–H groups in total. The maximum atomic E-state index is 10.8. The Morgan fingerprint density at radius 2 is 2.19 bits per heavy atom. The number of para-hydroxylation sites is 1. The minimum Gasteiger partial charge on any atom is -0.277 e. The number of H-pyrrole nitrogens is 1. The van der Waals surface area contributed by atoms with Crippen LogP contribution in [0.15, 0.2) is 30.3 Å². The number of nitro groups is 1. The first-order valence-electron chi connectivity index (χ1n) is 5.00. The summed E-state index contributed by atoms with van der Waals surface area (Å²) < 4.78 is 0. The van der Waals surface area contributed by atoms with Gasteiger partial charge in [-0.2, -0.15) is 5.10 Å². The smallest absolute Gasteiger partial charge is 0.277 e. The molecule has 16 heavy (non-hydrogen) atoms. The van der Waals surface area contributed by atoms with E-state index in [1.54, 1.807) is 18.2 Å². The van der Waals surface area contributed by atoms with E-state index in [2.05, 4.69) is 10.2 Å². The molecule has 0 atom stereocenters. The van der Waals surface area contributed by atoms with E-state index in [-0.39, 0.29) is 10.6 Å². The van der Waals surface area contributed by atoms with Gasteiger partial charge in [-0.1, -0.05) is 19.1 Å². The van der Waals surface area contributed by atoms with Crippen LogP contribution in [0.25, 0.3) is 11.3 Å². The highest BCUT2D eigenvalue weighted by Gasteiger charge is 2.15. The summed E-state index contributed by atoms with van der Waals surface area (Å²) in [5.74, 6) is 0. The molecule has 2 rings (SSSR count). The number of aromatic amines is 1. The van der Waals surface area contributed by atoms with Gasteiger partial charge in [0.05, 0.1) is 21.9 Å². The summed E-state index contributed by atoms with van der Waals surface area (Å²) in [6.45, 7) is 1.99. The molecule has 0 amide bonds. The molecule has 0 saturated heterocycles. The Kier molecular flexibility index (Phi) is 2.68. The fourth-order valence-electron chi connectivity index (χ4n) is 1.54. The number of hydrogen-bond donors (Lipinski definition) is 1. The second kappa shape index (κ2) is 4.14. The van der Waals surface area contributed by atoms with E-state index in [1.165, 1.54) is 6.07 Å². The van der Waals surface area contributed by atoms with Gasteiger partial charge in [0.2, 0.25) is 0 Å². The highest BCUT2D eigenvalue weighted by atomic mass is 16.6. The first-order chi connectivity index (χ1) is 7.72. The fraction of sp³-hybridized carbons (Fsp3) is 0.182. The summed E-state index contributed by atoms with van der Waals surface area (Å²) in [6.07, 6.45) is 0.803. The molecule has 0 aliphatic rings. The molecule has 2 aromatic rings. The molecule has 0 aliphatic heterocycles. The minimum atomic E-state index is -0.387. The largest absolute Gasteiger partial charge is 0.278 e. The van der Waals surface area contributed by atoms with Crippen LogP contribution in [0, 0.1) is 10.1 Å². The minimum absolute atomic E-state index is 0.0915. The van der Waals surface area contributed by atoms with Gasteiger partial charge in [0.1, 0.15) is 0 Å². The summed E-state index contributed by atoms with van der Waals surface area (Å²) in [7, 11) is 0. The lowest BCUT2D eigenvalue weighted by molar-refractivity contribution is -0.384. The van der Waals surface area contributed by atoms with E-state index in [9.17, 15) is 10.1 Å². The standard InChI is InChI=1S/C11H11N3O2/c1-2-8-7-10(13-12-8)9-5-3-4-6-11(9)14(15)16/h3-7H,2H2,1H3,(H,12,13). The molecular formula is C11H11N3O2. The van der Waals surface area contributed by atoms with Crippen molar-refractivity contribution < 1.29 is 4.92 Å². The van der Waals surface area contributed by atoms with Crippen molar-refractivity contribution >= 4 is 5.69 Å². The van der Waals surface area contributed by atoms with Crippen molar-refractivity contribution in [1.82, 2.24) is 10.2 Å². The monoisotopic (exact) mass is 217 g/mol. The van der Waals surface area contributed by atoms with Crippen molar-refractivity contribution in [2.45, 2.75) is 13.3 Å². The lowest BCUT2D eigenvalue weighted by atomic mass is 10.1. The third kappa shape index (κ3) is 1.79. The predicted octanol–water partition coefficient (Wildman–Crippen LogP) is 2.55. The van der Waals surface area contributed by atoms with E-state index < -0.39 is 0 Å². The third-order valence-corrected chi connectivity index (χ3v) is 2.38. The Hall–Kier alpha value is -2.17. The number of nitro benzene ring substituents is 1. The van der Waals surface area contributed by atoms with Gasteiger partial charge in [-0.05, 0) is 18.6 Å². The van der Waals surface area contributed by atoms with Crippen LogP contribution >= 0.6 is 0 Å². The molecule has 0 spiro atoms. The van der Waals surface area contributed by atoms with Crippen molar-refractivity contribution in [3.8, 4) is 11.3 Å². The Labute approximate surface area is 92.3 Å². The van der Waals surface area contributed by atoms with Crippen LogP contribution in [-0.2, 0) is 6.42 Å². The maximum Gasteiger partial charge on any atom is 0.278 e. The average Bonchev–Trinajstić information content (AvgIpc) is 2.77. The van der Waals surface area contributed by atoms with E-state index >= 15 is 0 Å². The topological polar surface area (TPSA) is 71.8 Å². The molecular weight excluding hydrogens is 206 g/mol. The van der Waals surface area contributed by atoms with Crippen LogP contribution in [0.1, 0.15) is 12.6 Å². The molecule has 5 heteroatoms. The number of hydrogen-bond acceptors (Lipinski definition) is 3. The zero-order chi connectivity index (χ0) is 11.5. The number of rotatable bonds is 3. The first kappa shape index (κ1) is 10.4. The Morgan fingerprint density at radius 3 is 2.81 bits per heavy atom. The van der Waals surface area contributed by atoms with Crippen molar-refractivity contribution in [3.05, 3.63) is 46.1 Å². The summed E-state index contributed by atoms with van der Waals surface area (Å²) in [4.78, 5) is 10.5. The summed E-state index contributed by atoms with van der Waals surface area (Å²) in [5, 5.41) is 17.7.